The molecule has 3 nitrogen and oxygen atoms in total. The van der Waals surface area contributed by atoms with Gasteiger partial charge in [0.1, 0.15) is 5.84 Å². The largest absolute Gasteiger partial charge is 0.319 e. The Balaban J connectivity index is 2.03. The normalized spacial score (nSPS) is 21.8. The molecule has 4 heteroatoms. The summed E-state index contributed by atoms with van der Waals surface area (Å²) in [6.07, 6.45) is 3.03. The Morgan fingerprint density at radius 2 is 2.38 bits per heavy atom. The maximum atomic E-state index is 4.61. The van der Waals surface area contributed by atoms with Crippen molar-refractivity contribution < 1.29 is 0 Å². The van der Waals surface area contributed by atoms with Gasteiger partial charge in [0.25, 0.3) is 0 Å². The highest BCUT2D eigenvalue weighted by Gasteiger charge is 2.35. The summed E-state index contributed by atoms with van der Waals surface area (Å²) < 4.78 is 0. The number of pyridine rings is 1. The number of amidine groups is 1. The minimum Gasteiger partial charge on any atom is -0.319 e. The Morgan fingerprint density at radius 3 is 3.38 bits per heavy atom. The van der Waals surface area contributed by atoms with Crippen molar-refractivity contribution in [2.45, 2.75) is 6.42 Å². The van der Waals surface area contributed by atoms with E-state index in [0.717, 1.165) is 25.3 Å². The van der Waals surface area contributed by atoms with E-state index in [1.807, 2.05) is 24.0 Å². The van der Waals surface area contributed by atoms with E-state index >= 15 is 0 Å². The Hall–Kier alpha value is -1.29. The first-order chi connectivity index (χ1) is 7.95. The smallest absolute Gasteiger partial charge is 0.138 e. The predicted molar refractivity (Wildman–Crippen MR) is 66.3 cm³/mol. The van der Waals surface area contributed by atoms with Crippen LogP contribution in [0.2, 0.25) is 0 Å². The molecule has 0 spiro atoms. The molecule has 0 saturated carbocycles. The molecule has 0 aromatic carbocycles. The SMILES string of the molecule is c1cnc2c(c1)C1=NCCN1C1=C2CCS1. The van der Waals surface area contributed by atoms with Gasteiger partial charge in [-0.25, -0.2) is 0 Å². The van der Waals surface area contributed by atoms with Gasteiger partial charge < -0.3 is 4.90 Å². The van der Waals surface area contributed by atoms with Crippen molar-refractivity contribution in [1.29, 1.82) is 0 Å². The molecule has 80 valence electrons. The third-order valence-electron chi connectivity index (χ3n) is 3.27. The number of aliphatic imine (C=N–C) groups is 1. The molecule has 0 fully saturated rings. The molecule has 4 rings (SSSR count). The van der Waals surface area contributed by atoms with E-state index in [9.17, 15) is 0 Å². The van der Waals surface area contributed by atoms with Crippen molar-refractivity contribution in [1.82, 2.24) is 9.88 Å². The van der Waals surface area contributed by atoms with Crippen molar-refractivity contribution in [3.8, 4) is 0 Å². The summed E-state index contributed by atoms with van der Waals surface area (Å²) in [5.41, 5.74) is 3.82. The molecule has 0 saturated heterocycles. The lowest BCUT2D eigenvalue weighted by Gasteiger charge is -2.28. The molecule has 0 bridgehead atoms. The predicted octanol–water partition coefficient (Wildman–Crippen LogP) is 1.96. The maximum absolute atomic E-state index is 4.61. The topological polar surface area (TPSA) is 28.5 Å². The molecule has 4 heterocycles. The summed E-state index contributed by atoms with van der Waals surface area (Å²) in [4.78, 5) is 11.5. The highest BCUT2D eigenvalue weighted by Crippen LogP contribution is 2.44. The van der Waals surface area contributed by atoms with Gasteiger partial charge in [-0.3, -0.25) is 9.98 Å². The number of hydrogen-bond donors (Lipinski definition) is 0. The van der Waals surface area contributed by atoms with E-state index in [1.165, 1.54) is 27.6 Å². The third-order valence-corrected chi connectivity index (χ3v) is 4.42. The second-order valence-corrected chi connectivity index (χ2v) is 5.22. The fourth-order valence-electron chi connectivity index (χ4n) is 2.61. The van der Waals surface area contributed by atoms with Crippen LogP contribution in [0, 0.1) is 0 Å². The van der Waals surface area contributed by atoms with Gasteiger partial charge in [0.05, 0.1) is 17.3 Å². The van der Waals surface area contributed by atoms with Crippen molar-refractivity contribution in [3.63, 3.8) is 0 Å². The van der Waals surface area contributed by atoms with Crippen molar-refractivity contribution >= 4 is 23.2 Å². The van der Waals surface area contributed by atoms with E-state index in [1.54, 1.807) is 0 Å². The average molecular weight is 229 g/mol. The number of fused-ring (bicyclic) bond motifs is 5. The van der Waals surface area contributed by atoms with Crippen LogP contribution in [0.5, 0.6) is 0 Å². The van der Waals surface area contributed by atoms with Gasteiger partial charge in [0.2, 0.25) is 0 Å². The van der Waals surface area contributed by atoms with Crippen LogP contribution in [0.1, 0.15) is 17.7 Å². The molecule has 0 radical (unpaired) electrons. The van der Waals surface area contributed by atoms with E-state index in [0.29, 0.717) is 0 Å². The number of thioether (sulfide) groups is 1. The maximum Gasteiger partial charge on any atom is 0.138 e. The molecule has 16 heavy (non-hydrogen) atoms. The molecule has 0 amide bonds. The minimum absolute atomic E-state index is 0.918. The van der Waals surface area contributed by atoms with Crippen LogP contribution in [0.15, 0.2) is 28.4 Å². The summed E-state index contributed by atoms with van der Waals surface area (Å²) in [5, 5.41) is 1.41. The van der Waals surface area contributed by atoms with Crippen LogP contribution >= 0.6 is 11.8 Å². The molecule has 1 aromatic rings. The molecule has 3 aliphatic heterocycles. The highest BCUT2D eigenvalue weighted by molar-refractivity contribution is 8.03. The zero-order valence-corrected chi connectivity index (χ0v) is 9.63. The molecule has 1 aromatic heterocycles. The second-order valence-electron chi connectivity index (χ2n) is 4.14. The van der Waals surface area contributed by atoms with Crippen LogP contribution in [0.4, 0.5) is 0 Å². The molecule has 0 N–H and O–H groups in total. The number of allylic oxidation sites excluding steroid dienone is 1. The molecule has 0 aliphatic carbocycles. The number of rotatable bonds is 0. The fraction of sp³-hybridized carbons (Fsp3) is 0.333. The second kappa shape index (κ2) is 3.10. The summed E-state index contributed by atoms with van der Waals surface area (Å²) in [6.45, 7) is 1.95. The van der Waals surface area contributed by atoms with Crippen molar-refractivity contribution in [2.75, 3.05) is 18.8 Å². The standard InChI is InChI=1S/C12H11N3S/c1-2-8-10(13-4-1)9-3-7-16-12(9)15-6-5-14-11(8)15/h1-2,4H,3,5-7H2. The fourth-order valence-corrected chi connectivity index (χ4v) is 3.81. The third kappa shape index (κ3) is 1.00. The van der Waals surface area contributed by atoms with Crippen LogP contribution in [-0.2, 0) is 0 Å². The van der Waals surface area contributed by atoms with Gasteiger partial charge >= 0.3 is 0 Å². The lowest BCUT2D eigenvalue weighted by atomic mass is 10.0. The van der Waals surface area contributed by atoms with E-state index in [-0.39, 0.29) is 0 Å². The Kier molecular flexibility index (Phi) is 1.71. The van der Waals surface area contributed by atoms with Crippen molar-refractivity contribution in [3.05, 3.63) is 34.6 Å². The lowest BCUT2D eigenvalue weighted by Crippen LogP contribution is -2.30. The highest BCUT2D eigenvalue weighted by atomic mass is 32.2. The Morgan fingerprint density at radius 1 is 1.38 bits per heavy atom. The van der Waals surface area contributed by atoms with E-state index in [4.69, 9.17) is 0 Å². The zero-order chi connectivity index (χ0) is 10.5. The first kappa shape index (κ1) is 8.82. The van der Waals surface area contributed by atoms with Crippen molar-refractivity contribution in [2.24, 2.45) is 4.99 Å². The summed E-state index contributed by atoms with van der Waals surface area (Å²) in [5.74, 6) is 2.32. The molecule has 0 atom stereocenters. The number of nitrogens with zero attached hydrogens (tertiary/aromatic N) is 3. The van der Waals surface area contributed by atoms with Gasteiger partial charge in [-0.1, -0.05) is 0 Å². The summed E-state index contributed by atoms with van der Waals surface area (Å²) in [6, 6.07) is 4.15. The van der Waals surface area contributed by atoms with Gasteiger partial charge in [-0.2, -0.15) is 0 Å². The van der Waals surface area contributed by atoms with Gasteiger partial charge in [-0.05, 0) is 18.6 Å². The van der Waals surface area contributed by atoms with Crippen LogP contribution in [0.25, 0.3) is 5.57 Å². The number of hydrogen-bond acceptors (Lipinski definition) is 4. The van der Waals surface area contributed by atoms with Gasteiger partial charge in [-0.15, -0.1) is 11.8 Å². The monoisotopic (exact) mass is 229 g/mol. The minimum atomic E-state index is 0.918. The van der Waals surface area contributed by atoms with Crippen LogP contribution in [0.3, 0.4) is 0 Å². The molecule has 0 unspecified atom stereocenters. The molecular weight excluding hydrogens is 218 g/mol. The first-order valence-corrected chi connectivity index (χ1v) is 6.57. The van der Waals surface area contributed by atoms with E-state index < -0.39 is 0 Å². The first-order valence-electron chi connectivity index (χ1n) is 5.59. The summed E-state index contributed by atoms with van der Waals surface area (Å²) in [7, 11) is 0. The Bertz CT molecular complexity index is 533. The Labute approximate surface area is 98.3 Å². The lowest BCUT2D eigenvalue weighted by molar-refractivity contribution is 0.597. The summed E-state index contributed by atoms with van der Waals surface area (Å²) >= 11 is 1.95. The van der Waals surface area contributed by atoms with Gasteiger partial charge in [0, 0.05) is 29.6 Å². The van der Waals surface area contributed by atoms with Gasteiger partial charge in [0.15, 0.2) is 0 Å². The van der Waals surface area contributed by atoms with Crippen LogP contribution in [-0.4, -0.2) is 34.6 Å². The zero-order valence-electron chi connectivity index (χ0n) is 8.81. The number of aromatic nitrogens is 1. The van der Waals surface area contributed by atoms with Crippen LogP contribution < -0.4 is 0 Å². The molecular formula is C12H11N3S. The molecule has 3 aliphatic rings. The quantitative estimate of drug-likeness (QED) is 0.681. The average Bonchev–Trinajstić information content (AvgIpc) is 2.98. The van der Waals surface area contributed by atoms with E-state index in [2.05, 4.69) is 20.9 Å².